The van der Waals surface area contributed by atoms with Crippen molar-refractivity contribution < 1.29 is 0 Å². The minimum absolute atomic E-state index is 0.834. The van der Waals surface area contributed by atoms with Crippen LogP contribution in [0, 0.1) is 0 Å². The van der Waals surface area contributed by atoms with Crippen molar-refractivity contribution in [3.63, 3.8) is 0 Å². The molecule has 0 aliphatic rings. The van der Waals surface area contributed by atoms with Gasteiger partial charge < -0.3 is 0 Å². The minimum Gasteiger partial charge on any atom is -0.175 e. The summed E-state index contributed by atoms with van der Waals surface area (Å²) >= 11 is 4.14. The van der Waals surface area contributed by atoms with Gasteiger partial charge in [-0.2, -0.15) is 12.6 Å². The Kier molecular flexibility index (Phi) is 2.23. The molecular weight excluding hydrogens is 127 g/mol. The summed E-state index contributed by atoms with van der Waals surface area (Å²) < 4.78 is 0. The average Bonchev–Trinajstić information content (AvgIpc) is 1.90. The van der Waals surface area contributed by atoms with E-state index in [0.29, 0.717) is 0 Å². The van der Waals surface area contributed by atoms with Gasteiger partial charge in [-0.3, -0.25) is 0 Å². The van der Waals surface area contributed by atoms with E-state index in [2.05, 4.69) is 44.7 Å². The first-order valence-corrected chi connectivity index (χ1v) is 3.62. The standard InChI is InChI=1S/C7H9BS/c8-7-3-1-6(5-9)2-4-7/h1-4,9H,5,8H2. The molecule has 1 aromatic rings. The zero-order valence-electron chi connectivity index (χ0n) is 5.46. The minimum atomic E-state index is 0.834. The molecule has 0 saturated heterocycles. The Morgan fingerprint density at radius 1 is 1.22 bits per heavy atom. The molecule has 0 aliphatic carbocycles. The summed E-state index contributed by atoms with van der Waals surface area (Å²) in [5, 5.41) is 0. The average molecular weight is 136 g/mol. The van der Waals surface area contributed by atoms with Crippen LogP contribution < -0.4 is 5.46 Å². The molecule has 0 nitrogen and oxygen atoms in total. The van der Waals surface area contributed by atoms with Gasteiger partial charge in [0, 0.05) is 5.75 Å². The van der Waals surface area contributed by atoms with Crippen molar-refractivity contribution >= 4 is 25.9 Å². The summed E-state index contributed by atoms with van der Waals surface area (Å²) in [5.41, 5.74) is 2.59. The Hall–Kier alpha value is -0.365. The number of hydrogen-bond acceptors (Lipinski definition) is 1. The molecule has 2 heteroatoms. The summed E-state index contributed by atoms with van der Waals surface area (Å²) in [4.78, 5) is 0. The predicted octanol–water partition coefficient (Wildman–Crippen LogP) is 0.375. The lowest BCUT2D eigenvalue weighted by atomic mass is 9.96. The van der Waals surface area contributed by atoms with Crippen molar-refractivity contribution in [1.82, 2.24) is 0 Å². The summed E-state index contributed by atoms with van der Waals surface area (Å²) in [6.45, 7) is 0. The maximum Gasteiger partial charge on any atom is 0.139 e. The van der Waals surface area contributed by atoms with Gasteiger partial charge in [0.1, 0.15) is 7.85 Å². The third-order valence-electron chi connectivity index (χ3n) is 1.30. The van der Waals surface area contributed by atoms with E-state index >= 15 is 0 Å². The molecule has 0 spiro atoms. The normalized spacial score (nSPS) is 9.44. The van der Waals surface area contributed by atoms with Crippen LogP contribution in [0.15, 0.2) is 24.3 Å². The van der Waals surface area contributed by atoms with Crippen molar-refractivity contribution in [1.29, 1.82) is 0 Å². The van der Waals surface area contributed by atoms with Crippen LogP contribution in [-0.4, -0.2) is 7.85 Å². The third kappa shape index (κ3) is 1.79. The monoisotopic (exact) mass is 136 g/mol. The first kappa shape index (κ1) is 6.75. The molecule has 0 saturated carbocycles. The first-order valence-electron chi connectivity index (χ1n) is 2.99. The summed E-state index contributed by atoms with van der Waals surface area (Å²) in [5.74, 6) is 0.834. The van der Waals surface area contributed by atoms with Crippen LogP contribution in [0.1, 0.15) is 5.56 Å². The Bertz CT molecular complexity index is 181. The van der Waals surface area contributed by atoms with Gasteiger partial charge >= 0.3 is 0 Å². The van der Waals surface area contributed by atoms with Crippen LogP contribution in [-0.2, 0) is 5.75 Å². The molecular formula is C7H9BS. The van der Waals surface area contributed by atoms with Gasteiger partial charge in [0.25, 0.3) is 0 Å². The maximum absolute atomic E-state index is 4.14. The largest absolute Gasteiger partial charge is 0.175 e. The highest BCUT2D eigenvalue weighted by molar-refractivity contribution is 7.79. The summed E-state index contributed by atoms with van der Waals surface area (Å²) in [6.07, 6.45) is 0. The maximum atomic E-state index is 4.14. The van der Waals surface area contributed by atoms with Gasteiger partial charge in [0.2, 0.25) is 0 Å². The van der Waals surface area contributed by atoms with Crippen LogP contribution in [0.5, 0.6) is 0 Å². The number of rotatable bonds is 1. The van der Waals surface area contributed by atoms with E-state index in [4.69, 9.17) is 0 Å². The van der Waals surface area contributed by atoms with Gasteiger partial charge in [0.15, 0.2) is 0 Å². The van der Waals surface area contributed by atoms with E-state index in [0.717, 1.165) is 5.75 Å². The van der Waals surface area contributed by atoms with E-state index in [1.165, 1.54) is 11.0 Å². The molecule has 0 unspecified atom stereocenters. The number of hydrogen-bond donors (Lipinski definition) is 1. The first-order chi connectivity index (χ1) is 4.33. The fraction of sp³-hybridized carbons (Fsp3) is 0.143. The van der Waals surface area contributed by atoms with Crippen LogP contribution in [0.4, 0.5) is 0 Å². The highest BCUT2D eigenvalue weighted by atomic mass is 32.1. The van der Waals surface area contributed by atoms with Crippen LogP contribution >= 0.6 is 12.6 Å². The van der Waals surface area contributed by atoms with Crippen molar-refractivity contribution in [2.24, 2.45) is 0 Å². The zero-order chi connectivity index (χ0) is 6.69. The van der Waals surface area contributed by atoms with Crippen molar-refractivity contribution in [2.75, 3.05) is 0 Å². The lowest BCUT2D eigenvalue weighted by molar-refractivity contribution is 1.44. The van der Waals surface area contributed by atoms with Crippen molar-refractivity contribution in [3.05, 3.63) is 29.8 Å². The Labute approximate surface area is 62.1 Å². The van der Waals surface area contributed by atoms with E-state index in [1.807, 2.05) is 0 Å². The van der Waals surface area contributed by atoms with Crippen molar-refractivity contribution in [2.45, 2.75) is 5.75 Å². The van der Waals surface area contributed by atoms with Crippen LogP contribution in [0.25, 0.3) is 0 Å². The van der Waals surface area contributed by atoms with Crippen LogP contribution in [0.2, 0.25) is 0 Å². The highest BCUT2D eigenvalue weighted by Gasteiger charge is 1.85. The smallest absolute Gasteiger partial charge is 0.139 e. The lowest BCUT2D eigenvalue weighted by Gasteiger charge is -1.94. The van der Waals surface area contributed by atoms with Gasteiger partial charge in [-0.25, -0.2) is 0 Å². The fourth-order valence-electron chi connectivity index (χ4n) is 0.693. The number of thiol groups is 1. The number of benzene rings is 1. The summed E-state index contributed by atoms with van der Waals surface area (Å²) in [6, 6.07) is 8.40. The Balaban J connectivity index is 2.88. The van der Waals surface area contributed by atoms with Gasteiger partial charge in [-0.05, 0) is 5.56 Å². The molecule has 9 heavy (non-hydrogen) atoms. The Morgan fingerprint density at radius 3 is 2.22 bits per heavy atom. The van der Waals surface area contributed by atoms with Gasteiger partial charge in [-0.15, -0.1) is 0 Å². The molecule has 0 atom stereocenters. The molecule has 46 valence electrons. The highest BCUT2D eigenvalue weighted by Crippen LogP contribution is 1.98. The molecule has 0 heterocycles. The van der Waals surface area contributed by atoms with Gasteiger partial charge in [0.05, 0.1) is 0 Å². The van der Waals surface area contributed by atoms with E-state index in [1.54, 1.807) is 0 Å². The quantitative estimate of drug-likeness (QED) is 0.418. The lowest BCUT2D eigenvalue weighted by Crippen LogP contribution is -1.99. The molecule has 1 aromatic carbocycles. The van der Waals surface area contributed by atoms with E-state index < -0.39 is 0 Å². The van der Waals surface area contributed by atoms with Crippen molar-refractivity contribution in [3.8, 4) is 0 Å². The molecule has 0 bridgehead atoms. The third-order valence-corrected chi connectivity index (χ3v) is 1.67. The SMILES string of the molecule is Bc1ccc(CS)cc1. The molecule has 0 N–H and O–H groups in total. The molecule has 0 amide bonds. The fourth-order valence-corrected chi connectivity index (χ4v) is 0.904. The topological polar surface area (TPSA) is 0 Å². The summed E-state index contributed by atoms with van der Waals surface area (Å²) in [7, 11) is 2.09. The van der Waals surface area contributed by atoms with E-state index in [-0.39, 0.29) is 0 Å². The second-order valence-electron chi connectivity index (χ2n) is 2.14. The predicted molar refractivity (Wildman–Crippen MR) is 47.3 cm³/mol. The molecule has 0 radical (unpaired) electrons. The Morgan fingerprint density at radius 2 is 1.78 bits per heavy atom. The van der Waals surface area contributed by atoms with Crippen LogP contribution in [0.3, 0.4) is 0 Å². The molecule has 0 fully saturated rings. The molecule has 0 aromatic heterocycles. The second kappa shape index (κ2) is 2.97. The second-order valence-corrected chi connectivity index (χ2v) is 2.46. The zero-order valence-corrected chi connectivity index (χ0v) is 6.36. The molecule has 1 rings (SSSR count). The van der Waals surface area contributed by atoms with E-state index in [9.17, 15) is 0 Å². The van der Waals surface area contributed by atoms with Gasteiger partial charge in [-0.1, -0.05) is 29.7 Å². The molecule has 0 aliphatic heterocycles.